The second kappa shape index (κ2) is 10.8. The Morgan fingerprint density at radius 1 is 1.00 bits per heavy atom. The zero-order valence-electron chi connectivity index (χ0n) is 19.6. The number of aryl methyl sites for hydroxylation is 1. The van der Waals surface area contributed by atoms with Crippen molar-refractivity contribution in [3.8, 4) is 0 Å². The quantitative estimate of drug-likeness (QED) is 0.491. The molecule has 0 bridgehead atoms. The highest BCUT2D eigenvalue weighted by atomic mass is 35.5. The molecule has 2 saturated heterocycles. The van der Waals surface area contributed by atoms with Crippen LogP contribution in [0, 0.1) is 6.92 Å². The Kier molecular flexibility index (Phi) is 7.38. The normalized spacial score (nSPS) is 16.3. The number of carbonyl (C=O) groups is 1. The van der Waals surface area contributed by atoms with Crippen LogP contribution in [-0.2, 0) is 9.47 Å². The molecule has 3 aromatic rings. The highest BCUT2D eigenvalue weighted by Gasteiger charge is 2.18. The van der Waals surface area contributed by atoms with Gasteiger partial charge in [0, 0.05) is 43.2 Å². The number of hydrogen-bond donors (Lipinski definition) is 2. The van der Waals surface area contributed by atoms with E-state index in [9.17, 15) is 4.79 Å². The summed E-state index contributed by atoms with van der Waals surface area (Å²) in [5.41, 5.74) is 4.74. The number of para-hydroxylation sites is 1. The van der Waals surface area contributed by atoms with Gasteiger partial charge in [-0.25, -0.2) is 4.98 Å². The van der Waals surface area contributed by atoms with Gasteiger partial charge in [-0.1, -0.05) is 35.1 Å². The summed E-state index contributed by atoms with van der Waals surface area (Å²) in [5, 5.41) is 7.48. The van der Waals surface area contributed by atoms with Gasteiger partial charge in [0.1, 0.15) is 4.88 Å². The molecule has 1 amide bonds. The summed E-state index contributed by atoms with van der Waals surface area (Å²) >= 11 is 7.57. The number of aromatic nitrogens is 1. The summed E-state index contributed by atoms with van der Waals surface area (Å²) < 4.78 is 11.1. The van der Waals surface area contributed by atoms with E-state index in [1.165, 1.54) is 11.3 Å². The van der Waals surface area contributed by atoms with Crippen molar-refractivity contribution in [1.29, 1.82) is 0 Å². The topological polar surface area (TPSA) is 79.0 Å². The molecule has 3 heterocycles. The lowest BCUT2D eigenvalue weighted by atomic mass is 10.2. The molecule has 8 nitrogen and oxygen atoms in total. The first-order valence-electron chi connectivity index (χ1n) is 11.7. The van der Waals surface area contributed by atoms with Gasteiger partial charge in [-0.05, 0) is 36.8 Å². The predicted octanol–water partition coefficient (Wildman–Crippen LogP) is 4.77. The van der Waals surface area contributed by atoms with Gasteiger partial charge in [0.25, 0.3) is 5.91 Å². The number of nitrogens with zero attached hydrogens (tertiary/aromatic N) is 3. The van der Waals surface area contributed by atoms with Gasteiger partial charge < -0.3 is 29.9 Å². The predicted molar refractivity (Wildman–Crippen MR) is 142 cm³/mol. The van der Waals surface area contributed by atoms with Crippen molar-refractivity contribution >= 4 is 56.7 Å². The Balaban J connectivity index is 1.36. The van der Waals surface area contributed by atoms with E-state index >= 15 is 0 Å². The molecule has 0 spiro atoms. The van der Waals surface area contributed by atoms with Crippen LogP contribution < -0.4 is 20.4 Å². The number of amides is 1. The summed E-state index contributed by atoms with van der Waals surface area (Å²) in [4.78, 5) is 22.5. The van der Waals surface area contributed by atoms with E-state index in [0.717, 1.165) is 75.2 Å². The number of thiazole rings is 1. The highest BCUT2D eigenvalue weighted by Crippen LogP contribution is 2.33. The molecule has 2 aromatic carbocycles. The summed E-state index contributed by atoms with van der Waals surface area (Å²) in [6, 6.07) is 12.0. The maximum Gasteiger partial charge on any atom is 0.267 e. The zero-order chi connectivity index (χ0) is 24.2. The van der Waals surface area contributed by atoms with Gasteiger partial charge in [0.15, 0.2) is 5.13 Å². The van der Waals surface area contributed by atoms with Gasteiger partial charge in [-0.15, -0.1) is 0 Å². The number of halogens is 1. The van der Waals surface area contributed by atoms with Crippen LogP contribution in [0.2, 0.25) is 5.02 Å². The van der Waals surface area contributed by atoms with Gasteiger partial charge in [0.2, 0.25) is 0 Å². The Morgan fingerprint density at radius 3 is 2.23 bits per heavy atom. The zero-order valence-corrected chi connectivity index (χ0v) is 21.1. The number of morpholine rings is 2. The van der Waals surface area contributed by atoms with Gasteiger partial charge in [0.05, 0.1) is 43.3 Å². The minimum absolute atomic E-state index is 0.233. The Hall–Kier alpha value is -2.85. The third-order valence-corrected chi connectivity index (χ3v) is 7.32. The maximum atomic E-state index is 12.8. The second-order valence-corrected chi connectivity index (χ2v) is 9.92. The molecule has 0 aliphatic carbocycles. The van der Waals surface area contributed by atoms with Crippen molar-refractivity contribution in [2.75, 3.05) is 73.0 Å². The average Bonchev–Trinajstić information content (AvgIpc) is 3.36. The molecule has 5 rings (SSSR count). The van der Waals surface area contributed by atoms with Crippen LogP contribution in [-0.4, -0.2) is 63.5 Å². The third-order valence-electron chi connectivity index (χ3n) is 6.10. The van der Waals surface area contributed by atoms with Crippen LogP contribution in [0.1, 0.15) is 15.2 Å². The van der Waals surface area contributed by atoms with Crippen molar-refractivity contribution < 1.29 is 14.3 Å². The van der Waals surface area contributed by atoms with Crippen LogP contribution >= 0.6 is 22.9 Å². The molecule has 2 fully saturated rings. The van der Waals surface area contributed by atoms with Crippen molar-refractivity contribution in [3.05, 3.63) is 58.1 Å². The van der Waals surface area contributed by atoms with Crippen molar-refractivity contribution in [3.63, 3.8) is 0 Å². The summed E-state index contributed by atoms with van der Waals surface area (Å²) in [7, 11) is 0. The first-order valence-corrected chi connectivity index (χ1v) is 12.9. The number of anilines is 5. The largest absolute Gasteiger partial charge is 0.378 e. The average molecular weight is 514 g/mol. The Morgan fingerprint density at radius 2 is 1.63 bits per heavy atom. The summed E-state index contributed by atoms with van der Waals surface area (Å²) in [5.74, 6) is -0.233. The van der Waals surface area contributed by atoms with E-state index in [1.807, 2.05) is 19.1 Å². The molecule has 184 valence electrons. The molecule has 0 unspecified atom stereocenters. The molecule has 2 aliphatic heterocycles. The molecule has 0 saturated carbocycles. The maximum absolute atomic E-state index is 12.8. The first-order chi connectivity index (χ1) is 17.1. The van der Waals surface area contributed by atoms with Crippen LogP contribution in [0.4, 0.5) is 27.9 Å². The number of ether oxygens (including phenoxy) is 2. The molecule has 0 radical (unpaired) electrons. The molecule has 0 atom stereocenters. The minimum atomic E-state index is -0.233. The van der Waals surface area contributed by atoms with Crippen molar-refractivity contribution in [2.45, 2.75) is 6.92 Å². The fourth-order valence-electron chi connectivity index (χ4n) is 4.20. The number of benzene rings is 2. The van der Waals surface area contributed by atoms with E-state index < -0.39 is 0 Å². The van der Waals surface area contributed by atoms with E-state index in [4.69, 9.17) is 21.1 Å². The molecule has 1 aromatic heterocycles. The lowest BCUT2D eigenvalue weighted by Crippen LogP contribution is -2.38. The molecule has 10 heteroatoms. The number of hydrogen-bond acceptors (Lipinski definition) is 8. The van der Waals surface area contributed by atoms with Crippen molar-refractivity contribution in [2.24, 2.45) is 0 Å². The lowest BCUT2D eigenvalue weighted by Gasteiger charge is -2.33. The Bertz CT molecular complexity index is 1140. The SMILES string of the molecule is Cc1cccc(Cl)c1NC(=O)c1cnc(Nc2cc(N3CCOCC3)cc(N3CCOCC3)c2)s1. The molecular weight excluding hydrogens is 486 g/mol. The second-order valence-electron chi connectivity index (χ2n) is 8.48. The van der Waals surface area contributed by atoms with Crippen LogP contribution in [0.5, 0.6) is 0 Å². The van der Waals surface area contributed by atoms with Crippen LogP contribution in [0.25, 0.3) is 0 Å². The summed E-state index contributed by atoms with van der Waals surface area (Å²) in [6.45, 7) is 8.23. The molecular formula is C25H28ClN5O3S. The lowest BCUT2D eigenvalue weighted by molar-refractivity contribution is 0.103. The van der Waals surface area contributed by atoms with E-state index in [1.54, 1.807) is 12.3 Å². The van der Waals surface area contributed by atoms with E-state index in [0.29, 0.717) is 20.7 Å². The van der Waals surface area contributed by atoms with Crippen LogP contribution in [0.15, 0.2) is 42.6 Å². The van der Waals surface area contributed by atoms with Gasteiger partial charge in [-0.3, -0.25) is 4.79 Å². The molecule has 2 aliphatic rings. The number of carbonyl (C=O) groups excluding carboxylic acids is 1. The highest BCUT2D eigenvalue weighted by molar-refractivity contribution is 7.17. The van der Waals surface area contributed by atoms with Gasteiger partial charge in [-0.2, -0.15) is 0 Å². The fraction of sp³-hybridized carbons (Fsp3) is 0.360. The standard InChI is InChI=1S/C25H28ClN5O3S/c1-17-3-2-4-21(26)23(17)29-24(32)22-16-27-25(35-22)28-18-13-19(30-5-9-33-10-6-30)15-20(14-18)31-7-11-34-12-8-31/h2-4,13-16H,5-12H2,1H3,(H,27,28)(H,29,32). The Labute approximate surface area is 213 Å². The number of rotatable bonds is 6. The third kappa shape index (κ3) is 5.70. The van der Waals surface area contributed by atoms with Gasteiger partial charge >= 0.3 is 0 Å². The minimum Gasteiger partial charge on any atom is -0.378 e. The number of nitrogens with one attached hydrogen (secondary N) is 2. The monoisotopic (exact) mass is 513 g/mol. The molecule has 2 N–H and O–H groups in total. The van der Waals surface area contributed by atoms with E-state index in [-0.39, 0.29) is 5.91 Å². The fourth-order valence-corrected chi connectivity index (χ4v) is 5.20. The van der Waals surface area contributed by atoms with E-state index in [2.05, 4.69) is 43.6 Å². The molecule has 35 heavy (non-hydrogen) atoms. The van der Waals surface area contributed by atoms with Crippen molar-refractivity contribution in [1.82, 2.24) is 4.98 Å². The summed E-state index contributed by atoms with van der Waals surface area (Å²) in [6.07, 6.45) is 1.59. The smallest absolute Gasteiger partial charge is 0.267 e. The van der Waals surface area contributed by atoms with Crippen LogP contribution in [0.3, 0.4) is 0 Å². The first kappa shape index (κ1) is 23.9.